The van der Waals surface area contributed by atoms with Gasteiger partial charge >= 0.3 is 18.2 Å². The normalized spacial score (nSPS) is 23.8. The standard InChI is InChI=1S/C20H22F3N9O4/c21-20(22,23)16(34)36-32-13(15(33)29-19(32)35)7-9-8-25-31-14(9)28-17(30-18(31)27-12-5-6-12)26-11-3-1-10(24)2-4-11/h7-8,10-12H,1-6,24H2,(H,29,33,35)(H2,26,27,28,30)/b13-7+. The quantitative estimate of drug-likeness (QED) is 0.329. The van der Waals surface area contributed by atoms with Crippen LogP contribution in [0, 0.1) is 0 Å². The lowest BCUT2D eigenvalue weighted by Crippen LogP contribution is -2.36. The van der Waals surface area contributed by atoms with Crippen molar-refractivity contribution in [2.75, 3.05) is 10.6 Å². The van der Waals surface area contributed by atoms with Crippen LogP contribution < -0.4 is 21.7 Å². The Balaban J connectivity index is 1.49. The second-order valence-electron chi connectivity index (χ2n) is 8.84. The first kappa shape index (κ1) is 23.8. The summed E-state index contributed by atoms with van der Waals surface area (Å²) in [6, 6.07) is -0.878. The van der Waals surface area contributed by atoms with E-state index in [1.807, 2.05) is 0 Å². The van der Waals surface area contributed by atoms with Crippen molar-refractivity contribution in [1.29, 1.82) is 0 Å². The lowest BCUT2D eigenvalue weighted by Gasteiger charge is -2.26. The van der Waals surface area contributed by atoms with Gasteiger partial charge in [-0.15, -0.1) is 5.06 Å². The van der Waals surface area contributed by atoms with Crippen molar-refractivity contribution >= 4 is 41.5 Å². The Hall–Kier alpha value is -3.95. The largest absolute Gasteiger partial charge is 0.493 e. The molecule has 0 spiro atoms. The zero-order valence-electron chi connectivity index (χ0n) is 18.7. The maximum atomic E-state index is 12.7. The number of nitrogens with two attached hydrogens (primary N) is 1. The van der Waals surface area contributed by atoms with Gasteiger partial charge in [-0.05, 0) is 44.6 Å². The number of nitrogens with one attached hydrogen (secondary N) is 3. The van der Waals surface area contributed by atoms with Gasteiger partial charge in [-0.2, -0.15) is 32.8 Å². The highest BCUT2D eigenvalue weighted by atomic mass is 19.4. The minimum atomic E-state index is -5.37. The summed E-state index contributed by atoms with van der Waals surface area (Å²) in [6.45, 7) is 0. The summed E-state index contributed by atoms with van der Waals surface area (Å²) in [6.07, 6.45) is 2.27. The van der Waals surface area contributed by atoms with Crippen molar-refractivity contribution in [3.05, 3.63) is 17.5 Å². The van der Waals surface area contributed by atoms with Crippen LogP contribution in [0.4, 0.5) is 29.9 Å². The van der Waals surface area contributed by atoms with Crippen LogP contribution in [-0.4, -0.2) is 66.9 Å². The topological polar surface area (TPSA) is 169 Å². The number of halogens is 3. The zero-order valence-corrected chi connectivity index (χ0v) is 18.7. The Labute approximate surface area is 201 Å². The number of hydrogen-bond acceptors (Lipinski definition) is 10. The molecule has 1 saturated heterocycles. The number of carbonyl (C=O) groups is 3. The highest BCUT2D eigenvalue weighted by molar-refractivity contribution is 6.14. The molecule has 2 saturated carbocycles. The molecule has 192 valence electrons. The van der Waals surface area contributed by atoms with E-state index >= 15 is 0 Å². The fraction of sp³-hybridized carbons (Fsp3) is 0.500. The fourth-order valence-corrected chi connectivity index (χ4v) is 3.92. The maximum Gasteiger partial charge on any atom is 0.493 e. The lowest BCUT2D eigenvalue weighted by molar-refractivity contribution is -0.221. The molecule has 16 heteroatoms. The van der Waals surface area contributed by atoms with Crippen LogP contribution in [0.3, 0.4) is 0 Å². The molecular formula is C20H22F3N9O4. The predicted molar refractivity (Wildman–Crippen MR) is 117 cm³/mol. The summed E-state index contributed by atoms with van der Waals surface area (Å²) in [7, 11) is 0. The molecule has 3 aliphatic rings. The molecule has 1 aliphatic heterocycles. The zero-order chi connectivity index (χ0) is 25.6. The molecule has 0 radical (unpaired) electrons. The molecule has 5 N–H and O–H groups in total. The van der Waals surface area contributed by atoms with Crippen molar-refractivity contribution in [3.8, 4) is 0 Å². The first-order valence-corrected chi connectivity index (χ1v) is 11.3. The number of fused-ring (bicyclic) bond motifs is 1. The second kappa shape index (κ2) is 8.92. The Bertz CT molecular complexity index is 1250. The van der Waals surface area contributed by atoms with Gasteiger partial charge in [0.1, 0.15) is 0 Å². The molecule has 3 heterocycles. The minimum absolute atomic E-state index is 0.0450. The van der Waals surface area contributed by atoms with Crippen molar-refractivity contribution < 1.29 is 32.4 Å². The van der Waals surface area contributed by atoms with Gasteiger partial charge < -0.3 is 21.2 Å². The SMILES string of the molecule is NC1CCC(Nc2nc(NC3CC3)n3ncc(/C=C4\C(=O)NC(=O)N4OC(=O)C(F)(F)F)c3n2)CC1. The number of hydroxylamine groups is 2. The van der Waals surface area contributed by atoms with E-state index < -0.39 is 29.8 Å². The lowest BCUT2D eigenvalue weighted by atomic mass is 9.92. The third kappa shape index (κ3) is 4.89. The third-order valence-electron chi connectivity index (χ3n) is 5.97. The smallest absolute Gasteiger partial charge is 0.351 e. The number of alkyl halides is 3. The van der Waals surface area contributed by atoms with Gasteiger partial charge in [-0.25, -0.2) is 9.59 Å². The number of hydrogen-bond donors (Lipinski definition) is 4. The Morgan fingerprint density at radius 1 is 1.11 bits per heavy atom. The van der Waals surface area contributed by atoms with E-state index in [2.05, 4.69) is 30.5 Å². The Morgan fingerprint density at radius 3 is 2.44 bits per heavy atom. The van der Waals surface area contributed by atoms with Crippen molar-refractivity contribution in [1.82, 2.24) is 30.0 Å². The molecule has 2 aromatic rings. The summed E-state index contributed by atoms with van der Waals surface area (Å²) in [5, 5.41) is 12.5. The maximum absolute atomic E-state index is 12.7. The minimum Gasteiger partial charge on any atom is -0.351 e. The summed E-state index contributed by atoms with van der Waals surface area (Å²) in [5.41, 5.74) is 5.73. The van der Waals surface area contributed by atoms with Crippen LogP contribution in [-0.2, 0) is 14.4 Å². The molecule has 36 heavy (non-hydrogen) atoms. The van der Waals surface area contributed by atoms with Gasteiger partial charge in [-0.1, -0.05) is 0 Å². The highest BCUT2D eigenvalue weighted by Crippen LogP contribution is 2.28. The first-order valence-electron chi connectivity index (χ1n) is 11.3. The average Bonchev–Trinajstić information content (AvgIpc) is 3.48. The van der Waals surface area contributed by atoms with Gasteiger partial charge in [0.25, 0.3) is 5.91 Å². The third-order valence-corrected chi connectivity index (χ3v) is 5.97. The van der Waals surface area contributed by atoms with E-state index in [9.17, 15) is 27.6 Å². The van der Waals surface area contributed by atoms with Gasteiger partial charge in [0, 0.05) is 23.7 Å². The number of rotatable bonds is 6. The Kier molecular flexibility index (Phi) is 5.89. The second-order valence-corrected chi connectivity index (χ2v) is 8.84. The highest BCUT2D eigenvalue weighted by Gasteiger charge is 2.46. The van der Waals surface area contributed by atoms with Crippen LogP contribution in [0.25, 0.3) is 11.7 Å². The van der Waals surface area contributed by atoms with Gasteiger partial charge in [0.2, 0.25) is 11.9 Å². The number of nitrogens with zero attached hydrogens (tertiary/aromatic N) is 5. The van der Waals surface area contributed by atoms with Gasteiger partial charge in [0.15, 0.2) is 11.3 Å². The summed E-state index contributed by atoms with van der Waals surface area (Å²) < 4.78 is 39.4. The van der Waals surface area contributed by atoms with Crippen LogP contribution in [0.5, 0.6) is 0 Å². The molecule has 5 rings (SSSR count). The number of amides is 3. The number of anilines is 2. The molecule has 0 bridgehead atoms. The van der Waals surface area contributed by atoms with Gasteiger partial charge in [-0.3, -0.25) is 10.1 Å². The number of carbonyl (C=O) groups excluding carboxylic acids is 3. The Morgan fingerprint density at radius 2 is 1.78 bits per heavy atom. The molecule has 2 aromatic heterocycles. The van der Waals surface area contributed by atoms with E-state index in [0.717, 1.165) is 44.6 Å². The number of aromatic nitrogens is 4. The summed E-state index contributed by atoms with van der Waals surface area (Å²) in [5.74, 6) is -3.04. The van der Waals surface area contributed by atoms with E-state index in [4.69, 9.17) is 5.73 Å². The predicted octanol–water partition coefficient (Wildman–Crippen LogP) is 1.29. The first-order chi connectivity index (χ1) is 17.1. The molecule has 3 amide bonds. The van der Waals surface area contributed by atoms with E-state index in [1.165, 1.54) is 10.7 Å². The summed E-state index contributed by atoms with van der Waals surface area (Å²) in [4.78, 5) is 48.6. The fourth-order valence-electron chi connectivity index (χ4n) is 3.92. The van der Waals surface area contributed by atoms with Crippen LogP contribution in [0.15, 0.2) is 11.9 Å². The molecule has 0 unspecified atom stereocenters. The summed E-state index contributed by atoms with van der Waals surface area (Å²) >= 11 is 0. The van der Waals surface area contributed by atoms with E-state index in [0.29, 0.717) is 11.9 Å². The average molecular weight is 509 g/mol. The van der Waals surface area contributed by atoms with Crippen molar-refractivity contribution in [2.45, 2.75) is 62.8 Å². The molecule has 0 atom stereocenters. The van der Waals surface area contributed by atoms with Crippen LogP contribution in [0.1, 0.15) is 44.1 Å². The number of urea groups is 1. The van der Waals surface area contributed by atoms with E-state index in [-0.39, 0.29) is 34.4 Å². The monoisotopic (exact) mass is 509 g/mol. The van der Waals surface area contributed by atoms with Crippen molar-refractivity contribution in [3.63, 3.8) is 0 Å². The molecular weight excluding hydrogens is 487 g/mol. The molecule has 2 aliphatic carbocycles. The van der Waals surface area contributed by atoms with E-state index in [1.54, 1.807) is 5.32 Å². The van der Waals surface area contributed by atoms with Crippen LogP contribution >= 0.6 is 0 Å². The van der Waals surface area contributed by atoms with Crippen LogP contribution in [0.2, 0.25) is 0 Å². The molecule has 13 nitrogen and oxygen atoms in total. The van der Waals surface area contributed by atoms with Crippen molar-refractivity contribution in [2.24, 2.45) is 5.73 Å². The molecule has 3 fully saturated rings. The van der Waals surface area contributed by atoms with Gasteiger partial charge in [0.05, 0.1) is 6.20 Å². The molecule has 0 aromatic carbocycles. The number of imide groups is 1.